The largest absolute Gasteiger partial charge is 0.286 e. The van der Waals surface area contributed by atoms with Gasteiger partial charge in [0.25, 0.3) is 7.29 Å². The number of rotatable bonds is 6. The summed E-state index contributed by atoms with van der Waals surface area (Å²) >= 11 is 0. The SMILES string of the molecule is O=P1(c2nc(-c3cccc(-c4ccccc4)c3)nc(-c3cccc(-c4ccccc4)c3)n2)c2ccccc2-c2ccccc2N1c1ccccc1. The fourth-order valence-corrected chi connectivity index (χ4v) is 9.69. The number of hydrogen-bond donors (Lipinski definition) is 0. The molecule has 0 N–H and O–H groups in total. The van der Waals surface area contributed by atoms with Crippen molar-refractivity contribution in [2.75, 3.05) is 4.67 Å². The lowest BCUT2D eigenvalue weighted by molar-refractivity contribution is 0.585. The van der Waals surface area contributed by atoms with E-state index in [9.17, 15) is 0 Å². The van der Waals surface area contributed by atoms with E-state index in [2.05, 4.69) is 54.6 Å². The second-order valence-corrected chi connectivity index (χ2v) is 14.9. The minimum Gasteiger partial charge on any atom is -0.286 e. The lowest BCUT2D eigenvalue weighted by Gasteiger charge is -2.39. The predicted octanol–water partition coefficient (Wildman–Crippen LogP) is 10.6. The first-order valence-corrected chi connectivity index (χ1v) is 18.6. The Morgan fingerprint density at radius 2 is 0.843 bits per heavy atom. The van der Waals surface area contributed by atoms with Crippen molar-refractivity contribution in [2.45, 2.75) is 0 Å². The molecule has 242 valence electrons. The van der Waals surface area contributed by atoms with Crippen LogP contribution in [0.1, 0.15) is 0 Å². The van der Waals surface area contributed by atoms with Crippen molar-refractivity contribution in [1.82, 2.24) is 15.0 Å². The van der Waals surface area contributed by atoms with Crippen molar-refractivity contribution in [1.29, 1.82) is 0 Å². The van der Waals surface area contributed by atoms with E-state index >= 15 is 4.57 Å². The van der Waals surface area contributed by atoms with E-state index in [1.807, 2.05) is 138 Å². The Morgan fingerprint density at radius 3 is 1.43 bits per heavy atom. The summed E-state index contributed by atoms with van der Waals surface area (Å²) in [6, 6.07) is 62.8. The molecule has 8 aromatic rings. The molecule has 1 aliphatic rings. The maximum Gasteiger partial charge on any atom is 0.270 e. The zero-order chi connectivity index (χ0) is 34.2. The minimum absolute atomic E-state index is 0.225. The molecule has 2 heterocycles. The highest BCUT2D eigenvalue weighted by molar-refractivity contribution is 7.80. The van der Waals surface area contributed by atoms with Crippen molar-refractivity contribution in [3.8, 4) is 56.2 Å². The Hall–Kier alpha value is -6.42. The first-order valence-electron chi connectivity index (χ1n) is 16.9. The summed E-state index contributed by atoms with van der Waals surface area (Å²) in [5.74, 6) is 0.912. The Kier molecular flexibility index (Phi) is 7.68. The highest BCUT2D eigenvalue weighted by Gasteiger charge is 2.45. The molecule has 0 aliphatic carbocycles. The van der Waals surface area contributed by atoms with Crippen LogP contribution >= 0.6 is 7.29 Å². The second kappa shape index (κ2) is 12.8. The van der Waals surface area contributed by atoms with E-state index in [1.54, 1.807) is 0 Å². The van der Waals surface area contributed by atoms with Gasteiger partial charge < -0.3 is 0 Å². The van der Waals surface area contributed by atoms with Gasteiger partial charge in [-0.2, -0.15) is 0 Å². The average molecular weight is 675 g/mol. The highest BCUT2D eigenvalue weighted by atomic mass is 31.2. The molecule has 0 spiro atoms. The third-order valence-corrected chi connectivity index (χ3v) is 12.1. The molecule has 0 fully saturated rings. The normalized spacial score (nSPS) is 14.8. The standard InChI is InChI=1S/C45H31N4OP/c50-51(42-29-13-11-27-40(42)39-26-10-12-28-41(39)49(51)38-24-8-3-9-25-38)45-47-43(36-22-14-20-34(30-36)32-16-4-1-5-17-32)46-44(48-45)37-23-15-21-35(31-37)33-18-6-2-7-19-33/h1-31H. The Bertz CT molecular complexity index is 2470. The van der Waals surface area contributed by atoms with Crippen LogP contribution in [-0.2, 0) is 4.57 Å². The Morgan fingerprint density at radius 1 is 0.392 bits per heavy atom. The van der Waals surface area contributed by atoms with E-state index in [4.69, 9.17) is 15.0 Å². The lowest BCUT2D eigenvalue weighted by Crippen LogP contribution is -2.36. The van der Waals surface area contributed by atoms with E-state index in [0.29, 0.717) is 17.0 Å². The summed E-state index contributed by atoms with van der Waals surface area (Å²) in [7, 11) is -3.78. The molecule has 6 heteroatoms. The van der Waals surface area contributed by atoms with Crippen LogP contribution in [0.15, 0.2) is 188 Å². The van der Waals surface area contributed by atoms with E-state index in [-0.39, 0.29) is 5.57 Å². The summed E-state index contributed by atoms with van der Waals surface area (Å²) in [6.45, 7) is 0. The number of hydrogen-bond acceptors (Lipinski definition) is 4. The van der Waals surface area contributed by atoms with Crippen LogP contribution in [0.5, 0.6) is 0 Å². The van der Waals surface area contributed by atoms with Crippen LogP contribution in [0, 0.1) is 0 Å². The van der Waals surface area contributed by atoms with Crippen LogP contribution < -0.4 is 15.5 Å². The van der Waals surface area contributed by atoms with Crippen LogP contribution in [0.4, 0.5) is 11.4 Å². The van der Waals surface area contributed by atoms with E-state index < -0.39 is 7.29 Å². The van der Waals surface area contributed by atoms with Crippen molar-refractivity contribution in [3.63, 3.8) is 0 Å². The van der Waals surface area contributed by atoms with Crippen molar-refractivity contribution >= 4 is 29.5 Å². The number of para-hydroxylation sites is 2. The van der Waals surface area contributed by atoms with Gasteiger partial charge in [0.2, 0.25) is 5.57 Å². The lowest BCUT2D eigenvalue weighted by atomic mass is 10.0. The quantitative estimate of drug-likeness (QED) is 0.164. The first kappa shape index (κ1) is 30.6. The summed E-state index contributed by atoms with van der Waals surface area (Å²) in [5, 5.41) is 0.687. The van der Waals surface area contributed by atoms with E-state index in [1.165, 1.54) is 0 Å². The monoisotopic (exact) mass is 674 g/mol. The molecular weight excluding hydrogens is 643 g/mol. The minimum atomic E-state index is -3.78. The Balaban J connectivity index is 1.32. The van der Waals surface area contributed by atoms with E-state index in [0.717, 1.165) is 55.9 Å². The highest BCUT2D eigenvalue weighted by Crippen LogP contribution is 2.60. The van der Waals surface area contributed by atoms with Gasteiger partial charge in [-0.15, -0.1) is 0 Å². The van der Waals surface area contributed by atoms with Crippen molar-refractivity contribution in [2.24, 2.45) is 0 Å². The van der Waals surface area contributed by atoms with Gasteiger partial charge >= 0.3 is 0 Å². The van der Waals surface area contributed by atoms with Gasteiger partial charge in [0.1, 0.15) is 0 Å². The summed E-state index contributed by atoms with van der Waals surface area (Å²) < 4.78 is 18.4. The second-order valence-electron chi connectivity index (χ2n) is 12.4. The molecule has 1 unspecified atom stereocenters. The molecule has 9 rings (SSSR count). The third-order valence-electron chi connectivity index (χ3n) is 9.29. The molecule has 0 radical (unpaired) electrons. The number of anilines is 2. The number of benzene rings is 7. The van der Waals surface area contributed by atoms with Crippen LogP contribution in [0.2, 0.25) is 0 Å². The summed E-state index contributed by atoms with van der Waals surface area (Å²) in [6.07, 6.45) is 0. The maximum atomic E-state index is 16.5. The fraction of sp³-hybridized carbons (Fsp3) is 0. The molecule has 0 saturated carbocycles. The van der Waals surface area contributed by atoms with Gasteiger partial charge in [-0.3, -0.25) is 9.24 Å². The average Bonchev–Trinajstić information content (AvgIpc) is 3.22. The van der Waals surface area contributed by atoms with Gasteiger partial charge in [0.05, 0.1) is 5.69 Å². The van der Waals surface area contributed by atoms with Crippen LogP contribution in [-0.4, -0.2) is 15.0 Å². The number of fused-ring (bicyclic) bond motifs is 3. The van der Waals surface area contributed by atoms with Gasteiger partial charge in [0, 0.05) is 27.7 Å². The van der Waals surface area contributed by atoms with Crippen molar-refractivity contribution < 1.29 is 4.57 Å². The van der Waals surface area contributed by atoms with Crippen LogP contribution in [0.25, 0.3) is 56.2 Å². The predicted molar refractivity (Wildman–Crippen MR) is 209 cm³/mol. The summed E-state index contributed by atoms with van der Waals surface area (Å²) in [5.41, 5.74) is 9.64. The number of aromatic nitrogens is 3. The van der Waals surface area contributed by atoms with Gasteiger partial charge in [-0.05, 0) is 64.2 Å². The molecule has 0 bridgehead atoms. The summed E-state index contributed by atoms with van der Waals surface area (Å²) in [4.78, 5) is 15.4. The molecule has 0 saturated heterocycles. The molecule has 5 nitrogen and oxygen atoms in total. The Labute approximate surface area is 297 Å². The third kappa shape index (κ3) is 5.45. The topological polar surface area (TPSA) is 59.0 Å². The maximum absolute atomic E-state index is 16.5. The molecule has 1 aromatic heterocycles. The fourth-order valence-electron chi connectivity index (χ4n) is 6.87. The zero-order valence-corrected chi connectivity index (χ0v) is 28.4. The van der Waals surface area contributed by atoms with Gasteiger partial charge in [-0.1, -0.05) is 152 Å². The van der Waals surface area contributed by atoms with Crippen molar-refractivity contribution in [3.05, 3.63) is 188 Å². The first-order chi connectivity index (χ1) is 25.2. The number of nitrogens with zero attached hydrogens (tertiary/aromatic N) is 4. The van der Waals surface area contributed by atoms with Crippen LogP contribution in [0.3, 0.4) is 0 Å². The molecule has 1 atom stereocenters. The molecule has 1 aliphatic heterocycles. The zero-order valence-electron chi connectivity index (χ0n) is 27.5. The molecule has 0 amide bonds. The smallest absolute Gasteiger partial charge is 0.270 e. The van der Waals surface area contributed by atoms with Gasteiger partial charge in [0.15, 0.2) is 11.6 Å². The molecule has 51 heavy (non-hydrogen) atoms. The van der Waals surface area contributed by atoms with Gasteiger partial charge in [-0.25, -0.2) is 15.0 Å². The molecular formula is C45H31N4OP. The molecule has 7 aromatic carbocycles.